The molecular formula is C21H20N2O8S. The van der Waals surface area contributed by atoms with Gasteiger partial charge in [0, 0.05) is 7.05 Å². The molecule has 10 nitrogen and oxygen atoms in total. The summed E-state index contributed by atoms with van der Waals surface area (Å²) in [5.41, 5.74) is -0.00705. The van der Waals surface area contributed by atoms with Crippen LogP contribution in [0, 0.1) is 0 Å². The van der Waals surface area contributed by atoms with Gasteiger partial charge in [-0.1, -0.05) is 24.3 Å². The van der Waals surface area contributed by atoms with Crippen LogP contribution in [0.15, 0.2) is 53.4 Å². The summed E-state index contributed by atoms with van der Waals surface area (Å²) < 4.78 is 41.7. The van der Waals surface area contributed by atoms with Gasteiger partial charge in [-0.15, -0.1) is 0 Å². The first-order valence-electron chi connectivity index (χ1n) is 9.71. The van der Waals surface area contributed by atoms with Crippen LogP contribution in [0.25, 0.3) is 0 Å². The van der Waals surface area contributed by atoms with Crippen molar-refractivity contribution in [2.45, 2.75) is 11.0 Å². The molecule has 0 aromatic heterocycles. The molecule has 2 heterocycles. The molecule has 4 rings (SSSR count). The minimum atomic E-state index is -4.13. The quantitative estimate of drug-likeness (QED) is 0.577. The number of nitrogens with zero attached hydrogens (tertiary/aromatic N) is 2. The molecule has 2 aliphatic heterocycles. The molecule has 2 amide bonds. The highest BCUT2D eigenvalue weighted by Gasteiger charge is 2.42. The van der Waals surface area contributed by atoms with E-state index in [1.54, 1.807) is 12.1 Å². The zero-order valence-corrected chi connectivity index (χ0v) is 17.9. The Balaban J connectivity index is 1.28. The van der Waals surface area contributed by atoms with Crippen molar-refractivity contribution >= 4 is 27.8 Å². The van der Waals surface area contributed by atoms with Crippen molar-refractivity contribution in [2.24, 2.45) is 0 Å². The van der Waals surface area contributed by atoms with E-state index in [1.165, 1.54) is 36.2 Å². The summed E-state index contributed by atoms with van der Waals surface area (Å²) in [6, 6.07) is 12.9. The minimum Gasteiger partial charge on any atom is -0.486 e. The molecule has 0 saturated carbocycles. The molecule has 2 aromatic carbocycles. The van der Waals surface area contributed by atoms with Gasteiger partial charge in [0.05, 0.1) is 12.1 Å². The van der Waals surface area contributed by atoms with E-state index in [0.29, 0.717) is 15.8 Å². The van der Waals surface area contributed by atoms with E-state index in [0.717, 1.165) is 0 Å². The lowest BCUT2D eigenvalue weighted by atomic mass is 10.2. The van der Waals surface area contributed by atoms with Crippen LogP contribution in [0.3, 0.4) is 0 Å². The largest absolute Gasteiger partial charge is 0.486 e. The van der Waals surface area contributed by atoms with Gasteiger partial charge in [0.1, 0.15) is 18.0 Å². The van der Waals surface area contributed by atoms with Crippen molar-refractivity contribution in [3.05, 3.63) is 54.1 Å². The second-order valence-electron chi connectivity index (χ2n) is 7.25. The predicted octanol–water partition coefficient (Wildman–Crippen LogP) is 0.673. The summed E-state index contributed by atoms with van der Waals surface area (Å²) in [7, 11) is -2.61. The Morgan fingerprint density at radius 2 is 1.81 bits per heavy atom. The number of carbonyl (C=O) groups is 3. The van der Waals surface area contributed by atoms with Gasteiger partial charge in [0.25, 0.3) is 21.8 Å². The highest BCUT2D eigenvalue weighted by Crippen LogP contribution is 2.31. The van der Waals surface area contributed by atoms with Crippen LogP contribution in [0.1, 0.15) is 10.4 Å². The number of amides is 2. The van der Waals surface area contributed by atoms with Gasteiger partial charge >= 0.3 is 5.97 Å². The number of carbonyl (C=O) groups excluding carboxylic acids is 3. The average molecular weight is 460 g/mol. The molecule has 2 aliphatic rings. The fraction of sp³-hybridized carbons (Fsp3) is 0.286. The van der Waals surface area contributed by atoms with Gasteiger partial charge in [0.2, 0.25) is 0 Å². The second-order valence-corrected chi connectivity index (χ2v) is 9.08. The highest BCUT2D eigenvalue weighted by atomic mass is 32.2. The summed E-state index contributed by atoms with van der Waals surface area (Å²) >= 11 is 0. The Labute approximate surface area is 184 Å². The van der Waals surface area contributed by atoms with Crippen LogP contribution in [0.5, 0.6) is 11.5 Å². The predicted molar refractivity (Wildman–Crippen MR) is 110 cm³/mol. The van der Waals surface area contributed by atoms with Crippen LogP contribution >= 0.6 is 0 Å². The zero-order valence-electron chi connectivity index (χ0n) is 17.1. The number of hydrogen-bond acceptors (Lipinski definition) is 8. The number of fused-ring (bicyclic) bond motifs is 2. The van der Waals surface area contributed by atoms with Crippen LogP contribution in [-0.2, 0) is 24.3 Å². The topological polar surface area (TPSA) is 120 Å². The number of hydrogen-bond donors (Lipinski definition) is 0. The zero-order chi connectivity index (χ0) is 22.9. The van der Waals surface area contributed by atoms with Crippen molar-refractivity contribution in [2.75, 3.05) is 33.4 Å². The molecule has 2 aromatic rings. The Morgan fingerprint density at radius 3 is 2.56 bits per heavy atom. The van der Waals surface area contributed by atoms with E-state index >= 15 is 0 Å². The lowest BCUT2D eigenvalue weighted by molar-refractivity contribution is -0.151. The maximum absolute atomic E-state index is 12.5. The monoisotopic (exact) mass is 460 g/mol. The first-order valence-corrected chi connectivity index (χ1v) is 11.2. The molecule has 0 bridgehead atoms. The Hall–Kier alpha value is -3.60. The molecule has 0 N–H and O–H groups in total. The highest BCUT2D eigenvalue weighted by molar-refractivity contribution is 7.90. The normalized spacial score (nSPS) is 18.1. The summed E-state index contributed by atoms with van der Waals surface area (Å²) in [5.74, 6) is -1.13. The summed E-state index contributed by atoms with van der Waals surface area (Å²) in [4.78, 5) is 38.0. The molecule has 1 atom stereocenters. The van der Waals surface area contributed by atoms with Crippen molar-refractivity contribution in [1.29, 1.82) is 0 Å². The fourth-order valence-corrected chi connectivity index (χ4v) is 4.88. The third kappa shape index (κ3) is 4.11. The van der Waals surface area contributed by atoms with Gasteiger partial charge in [-0.2, -0.15) is 0 Å². The van der Waals surface area contributed by atoms with Crippen LogP contribution in [0.2, 0.25) is 0 Å². The third-order valence-corrected chi connectivity index (χ3v) is 6.80. The van der Waals surface area contributed by atoms with Gasteiger partial charge < -0.3 is 19.1 Å². The SMILES string of the molecule is CN(C[C@H]1COc2ccccc2O1)C(=O)COC(=O)CN1C(=O)c2ccccc2S1(=O)=O. The van der Waals surface area contributed by atoms with Gasteiger partial charge in [-0.05, 0) is 24.3 Å². The van der Waals surface area contributed by atoms with Crippen LogP contribution in [0.4, 0.5) is 0 Å². The Morgan fingerprint density at radius 1 is 1.12 bits per heavy atom. The van der Waals surface area contributed by atoms with Gasteiger partial charge in [-0.25, -0.2) is 12.7 Å². The maximum atomic E-state index is 12.5. The molecule has 0 aliphatic carbocycles. The number of esters is 1. The molecule has 11 heteroatoms. The smallest absolute Gasteiger partial charge is 0.327 e. The van der Waals surface area contributed by atoms with Crippen molar-refractivity contribution in [3.8, 4) is 11.5 Å². The molecular weight excluding hydrogens is 440 g/mol. The fourth-order valence-electron chi connectivity index (χ4n) is 3.36. The number of likely N-dealkylation sites (N-methyl/N-ethyl adjacent to an activating group) is 1. The van der Waals surface area contributed by atoms with Crippen molar-refractivity contribution < 1.29 is 37.0 Å². The van der Waals surface area contributed by atoms with E-state index in [2.05, 4.69) is 0 Å². The van der Waals surface area contributed by atoms with Crippen LogP contribution < -0.4 is 9.47 Å². The van der Waals surface area contributed by atoms with E-state index in [9.17, 15) is 22.8 Å². The Bertz CT molecular complexity index is 1180. The molecule has 0 saturated heterocycles. The van der Waals surface area contributed by atoms with Crippen molar-refractivity contribution in [1.82, 2.24) is 9.21 Å². The first-order chi connectivity index (χ1) is 15.3. The van der Waals surface area contributed by atoms with E-state index in [1.807, 2.05) is 12.1 Å². The van der Waals surface area contributed by atoms with E-state index < -0.39 is 47.1 Å². The third-order valence-electron chi connectivity index (χ3n) is 5.01. The first kappa shape index (κ1) is 21.6. The number of ether oxygens (including phenoxy) is 3. The second kappa shape index (κ2) is 8.50. The van der Waals surface area contributed by atoms with Gasteiger partial charge in [-0.3, -0.25) is 14.4 Å². The average Bonchev–Trinajstić information content (AvgIpc) is 2.98. The molecule has 168 valence electrons. The summed E-state index contributed by atoms with van der Waals surface area (Å²) in [5, 5.41) is 0. The summed E-state index contributed by atoms with van der Waals surface area (Å²) in [6.45, 7) is -0.972. The number of sulfonamides is 1. The number of benzene rings is 2. The minimum absolute atomic E-state index is 0.00705. The van der Waals surface area contributed by atoms with E-state index in [-0.39, 0.29) is 23.6 Å². The lowest BCUT2D eigenvalue weighted by Crippen LogP contribution is -2.43. The van der Waals surface area contributed by atoms with Crippen molar-refractivity contribution in [3.63, 3.8) is 0 Å². The molecule has 32 heavy (non-hydrogen) atoms. The standard InChI is InChI=1S/C21H20N2O8S/c1-22(10-14-12-29-16-7-3-4-8-17(16)31-14)19(24)13-30-20(25)11-23-21(26)15-6-2-5-9-18(15)32(23,27)28/h2-9,14H,10-13H2,1H3/t14-/m0/s1. The summed E-state index contributed by atoms with van der Waals surface area (Å²) in [6.07, 6.45) is -0.402. The molecule has 0 unspecified atom stereocenters. The Kier molecular flexibility index (Phi) is 5.74. The maximum Gasteiger partial charge on any atom is 0.327 e. The molecule has 0 radical (unpaired) electrons. The van der Waals surface area contributed by atoms with E-state index in [4.69, 9.17) is 14.2 Å². The molecule has 0 fully saturated rings. The van der Waals surface area contributed by atoms with Crippen LogP contribution in [-0.4, -0.2) is 74.9 Å². The number of para-hydroxylation sites is 2. The lowest BCUT2D eigenvalue weighted by Gasteiger charge is -2.29. The van der Waals surface area contributed by atoms with Gasteiger partial charge in [0.15, 0.2) is 24.2 Å². The number of rotatable bonds is 6. The molecule has 0 spiro atoms.